The van der Waals surface area contributed by atoms with Crippen LogP contribution in [0, 0.1) is 35.5 Å². The molecular formula is C39H50O22S3. The number of carboxylic acid groups (broad SMARTS) is 1. The van der Waals surface area contributed by atoms with Crippen LogP contribution in [0.25, 0.3) is 0 Å². The van der Waals surface area contributed by atoms with E-state index in [4.69, 9.17) is 36.6 Å². The maximum atomic E-state index is 11.8. The Bertz CT molecular complexity index is 2210. The summed E-state index contributed by atoms with van der Waals surface area (Å²) in [7, 11) is -10.4. The van der Waals surface area contributed by atoms with Crippen molar-refractivity contribution in [2.45, 2.75) is 112 Å². The first-order valence-electron chi connectivity index (χ1n) is 20.2. The van der Waals surface area contributed by atoms with Crippen molar-refractivity contribution in [2.75, 3.05) is 19.8 Å². The van der Waals surface area contributed by atoms with Crippen molar-refractivity contribution in [3.8, 4) is 0 Å². The number of fused-ring (bicyclic) bond motifs is 3. The van der Waals surface area contributed by atoms with Gasteiger partial charge < -0.3 is 33.9 Å². The summed E-state index contributed by atoms with van der Waals surface area (Å²) in [6, 6.07) is 0. The molecule has 3 aliphatic heterocycles. The van der Waals surface area contributed by atoms with Gasteiger partial charge in [0.1, 0.15) is 30.5 Å². The topological polar surface area (TPSA) is 319 Å². The highest BCUT2D eigenvalue weighted by Gasteiger charge is 2.67. The Hall–Kier alpha value is -4.27. The second-order valence-corrected chi connectivity index (χ2v) is 22.7. The molecule has 9 aliphatic rings. The summed E-state index contributed by atoms with van der Waals surface area (Å²) in [5.74, 6) is -4.51. The fourth-order valence-electron chi connectivity index (χ4n) is 10.1. The molecule has 9 rings (SSSR count). The van der Waals surface area contributed by atoms with Gasteiger partial charge in [0.25, 0.3) is 30.4 Å². The summed E-state index contributed by atoms with van der Waals surface area (Å²) in [5, 5.41) is 16.4. The molecule has 64 heavy (non-hydrogen) atoms. The molecule has 2 N–H and O–H groups in total. The fraction of sp³-hybridized carbons (Fsp3) is 0.692. The first-order chi connectivity index (χ1) is 29.7. The number of carbonyl (C=O) groups excluding carboxylic acids is 5. The zero-order chi connectivity index (χ0) is 47.4. The predicted octanol–water partition coefficient (Wildman–Crippen LogP) is -0.0164. The Morgan fingerprint density at radius 3 is 1.16 bits per heavy atom. The Balaban J connectivity index is 0.000000148. The summed E-state index contributed by atoms with van der Waals surface area (Å²) >= 11 is 0. The van der Waals surface area contributed by atoms with Crippen molar-refractivity contribution < 1.29 is 100 Å². The number of carbonyl (C=O) groups is 6. The van der Waals surface area contributed by atoms with Gasteiger partial charge in [-0.1, -0.05) is 19.7 Å². The molecule has 15 atom stereocenters. The summed E-state index contributed by atoms with van der Waals surface area (Å²) in [5.41, 5.74) is 0.577. The SMILES string of the molecule is C=C(C)C(=O)OCC(=O)O.C=C(C)C(=O)OCC(=O)OC1C2CC3C1OS(=O)(=O)C3C2.C=C(C)C(=O)OCC(=O)OC1C2CC3C1OS(=O)(=O)C3C2.O=S1(=O)OC2C(O)C3CC2C1C3. The number of ether oxygens (including phenoxy) is 5. The summed E-state index contributed by atoms with van der Waals surface area (Å²) in [6.07, 6.45) is 0.483. The minimum atomic E-state index is -3.53. The Kier molecular flexibility index (Phi) is 14.2. The predicted molar refractivity (Wildman–Crippen MR) is 212 cm³/mol. The maximum Gasteiger partial charge on any atom is 0.344 e. The van der Waals surface area contributed by atoms with E-state index in [0.717, 1.165) is 6.42 Å². The highest BCUT2D eigenvalue weighted by Crippen LogP contribution is 2.57. The van der Waals surface area contributed by atoms with E-state index in [2.05, 4.69) is 24.5 Å². The molecule has 0 aromatic carbocycles. The molecule has 0 spiro atoms. The quantitative estimate of drug-likeness (QED) is 0.119. The summed E-state index contributed by atoms with van der Waals surface area (Å²) < 4.78 is 109. The Morgan fingerprint density at radius 1 is 0.516 bits per heavy atom. The largest absolute Gasteiger partial charge is 0.479 e. The van der Waals surface area contributed by atoms with Gasteiger partial charge in [-0.3, -0.25) is 12.5 Å². The Morgan fingerprint density at radius 2 is 0.828 bits per heavy atom. The normalized spacial score (nSPS) is 37.6. The molecule has 0 aromatic rings. The van der Waals surface area contributed by atoms with Crippen LogP contribution in [0.1, 0.15) is 59.3 Å². The van der Waals surface area contributed by atoms with Crippen molar-refractivity contribution in [2.24, 2.45) is 35.5 Å². The molecule has 9 fully saturated rings. The Labute approximate surface area is 368 Å². The highest BCUT2D eigenvalue weighted by molar-refractivity contribution is 7.88. The molecule has 6 saturated carbocycles. The number of esters is 5. The van der Waals surface area contributed by atoms with Crippen LogP contribution in [0.4, 0.5) is 0 Å². The third-order valence-electron chi connectivity index (χ3n) is 12.8. The lowest BCUT2D eigenvalue weighted by atomic mass is 9.94. The van der Waals surface area contributed by atoms with Gasteiger partial charge in [-0.2, -0.15) is 25.3 Å². The number of carboxylic acids is 1. The lowest BCUT2D eigenvalue weighted by Gasteiger charge is -2.24. The smallest absolute Gasteiger partial charge is 0.344 e. The van der Waals surface area contributed by atoms with Gasteiger partial charge in [0.05, 0.1) is 21.9 Å². The number of aliphatic hydroxyl groups excluding tert-OH is 1. The van der Waals surface area contributed by atoms with Crippen molar-refractivity contribution in [1.82, 2.24) is 0 Å². The van der Waals surface area contributed by atoms with E-state index >= 15 is 0 Å². The molecule has 25 heteroatoms. The van der Waals surface area contributed by atoms with Crippen molar-refractivity contribution in [1.29, 1.82) is 0 Å². The minimum absolute atomic E-state index is 0.00284. The van der Waals surface area contributed by atoms with E-state index in [9.17, 15) is 59.1 Å². The number of aliphatic hydroxyl groups is 1. The molecule has 3 saturated heterocycles. The van der Waals surface area contributed by atoms with E-state index in [1.807, 2.05) is 0 Å². The van der Waals surface area contributed by atoms with Crippen LogP contribution in [0.15, 0.2) is 36.5 Å². The number of hydrogen-bond donors (Lipinski definition) is 2. The maximum absolute atomic E-state index is 11.8. The third kappa shape index (κ3) is 10.1. The molecule has 0 amide bonds. The van der Waals surface area contributed by atoms with Crippen LogP contribution in [0.2, 0.25) is 0 Å². The van der Waals surface area contributed by atoms with E-state index in [0.29, 0.717) is 32.1 Å². The van der Waals surface area contributed by atoms with Crippen LogP contribution in [0.3, 0.4) is 0 Å². The van der Waals surface area contributed by atoms with Crippen LogP contribution in [-0.2, 0) is 95.4 Å². The molecule has 3 heterocycles. The van der Waals surface area contributed by atoms with Crippen LogP contribution in [-0.4, -0.2) is 143 Å². The second-order valence-electron chi connectivity index (χ2n) is 17.3. The summed E-state index contributed by atoms with van der Waals surface area (Å²) in [4.78, 5) is 66.1. The fourth-order valence-corrected chi connectivity index (χ4v) is 15.8. The van der Waals surface area contributed by atoms with Crippen molar-refractivity contribution in [3.05, 3.63) is 36.5 Å². The zero-order valence-electron chi connectivity index (χ0n) is 34.9. The second kappa shape index (κ2) is 18.5. The first-order valence-corrected chi connectivity index (χ1v) is 24.7. The zero-order valence-corrected chi connectivity index (χ0v) is 37.4. The average Bonchev–Trinajstić information content (AvgIpc) is 4.09. The molecule has 15 unspecified atom stereocenters. The van der Waals surface area contributed by atoms with Gasteiger partial charge in [0.2, 0.25) is 0 Å². The highest BCUT2D eigenvalue weighted by atomic mass is 32.2. The van der Waals surface area contributed by atoms with Crippen LogP contribution in [0.5, 0.6) is 0 Å². The molecule has 6 bridgehead atoms. The average molecular weight is 967 g/mol. The standard InChI is InChI=1S/2C13H16O7S.C7H10O4S.C6H8O4/c2*1-6(2)13(15)18-5-10(14)19-11-7-3-8-9(4-7)21(16,17)20-12(8)11;8-6-3-1-4-5(2-3)12(9,10)11-7(4)6;1-4(2)6(9)10-3-5(7)8/h2*7-9,11-12H,1,3-5H2,2H3;3-8H,1-2H2;1,3H2,2H3,(H,7,8). The van der Waals surface area contributed by atoms with E-state index in [-0.39, 0.29) is 57.5 Å². The molecule has 356 valence electrons. The van der Waals surface area contributed by atoms with Crippen molar-refractivity contribution >= 4 is 66.2 Å². The third-order valence-corrected chi connectivity index (χ3v) is 18.1. The molecule has 6 aliphatic carbocycles. The van der Waals surface area contributed by atoms with Crippen LogP contribution >= 0.6 is 0 Å². The molecule has 0 radical (unpaired) electrons. The number of aliphatic carboxylic acids is 1. The van der Waals surface area contributed by atoms with Gasteiger partial charge in [-0.15, -0.1) is 0 Å². The van der Waals surface area contributed by atoms with Gasteiger partial charge in [-0.25, -0.2) is 28.8 Å². The molecule has 22 nitrogen and oxygen atoms in total. The monoisotopic (exact) mass is 966 g/mol. The lowest BCUT2D eigenvalue weighted by Crippen LogP contribution is -2.38. The summed E-state index contributed by atoms with van der Waals surface area (Å²) in [6.45, 7) is 12.8. The van der Waals surface area contributed by atoms with Gasteiger partial charge >= 0.3 is 35.8 Å². The van der Waals surface area contributed by atoms with Gasteiger partial charge in [-0.05, 0) is 65.2 Å². The first kappa shape index (κ1) is 49.2. The number of hydrogen-bond acceptors (Lipinski definition) is 21. The van der Waals surface area contributed by atoms with E-state index in [1.165, 1.54) is 20.8 Å². The number of rotatable bonds is 11. The van der Waals surface area contributed by atoms with Crippen LogP contribution < -0.4 is 0 Å². The van der Waals surface area contributed by atoms with Crippen molar-refractivity contribution in [3.63, 3.8) is 0 Å². The lowest BCUT2D eigenvalue weighted by molar-refractivity contribution is -0.165. The minimum Gasteiger partial charge on any atom is -0.479 e. The van der Waals surface area contributed by atoms with E-state index < -0.39 is 133 Å². The van der Waals surface area contributed by atoms with Gasteiger partial charge in [0.15, 0.2) is 19.8 Å². The molecular weight excluding hydrogens is 917 g/mol. The molecule has 0 aromatic heterocycles. The van der Waals surface area contributed by atoms with E-state index in [1.54, 1.807) is 0 Å². The van der Waals surface area contributed by atoms with Gasteiger partial charge in [0, 0.05) is 46.3 Å².